The number of hydrogen-bond acceptors (Lipinski definition) is 4. The first-order chi connectivity index (χ1) is 9.56. The number of amides is 2. The maximum Gasteiger partial charge on any atom is 0.276 e. The normalized spacial score (nSPS) is 10.6. The van der Waals surface area contributed by atoms with Gasteiger partial charge in [-0.3, -0.25) is 14.5 Å². The molecule has 2 amide bonds. The molecule has 0 saturated heterocycles. The van der Waals surface area contributed by atoms with Gasteiger partial charge in [-0.15, -0.1) is 0 Å². The van der Waals surface area contributed by atoms with Crippen molar-refractivity contribution in [3.8, 4) is 5.75 Å². The highest BCUT2D eigenvalue weighted by Gasteiger charge is 2.20. The first-order valence-corrected chi connectivity index (χ1v) is 6.26. The van der Waals surface area contributed by atoms with E-state index in [9.17, 15) is 9.59 Å². The van der Waals surface area contributed by atoms with Crippen molar-refractivity contribution in [3.05, 3.63) is 30.0 Å². The first-order valence-electron chi connectivity index (χ1n) is 6.26. The summed E-state index contributed by atoms with van der Waals surface area (Å²) in [6.07, 6.45) is 0. The number of H-pyrrole nitrogens is 1. The number of rotatable bonds is 4. The zero-order valence-electron chi connectivity index (χ0n) is 11.5. The molecule has 0 radical (unpaired) electrons. The Kier molecular flexibility index (Phi) is 4.05. The maximum absolute atomic E-state index is 12.3. The number of benzene rings is 1. The minimum Gasteiger partial charge on any atom is -0.497 e. The topological polar surface area (TPSA) is 88.4 Å². The molecule has 106 valence electrons. The van der Waals surface area contributed by atoms with E-state index in [1.54, 1.807) is 19.2 Å². The zero-order chi connectivity index (χ0) is 14.7. The van der Waals surface area contributed by atoms with Gasteiger partial charge in [0.25, 0.3) is 5.91 Å². The van der Waals surface area contributed by atoms with Gasteiger partial charge in [-0.25, -0.2) is 0 Å². The Morgan fingerprint density at radius 3 is 2.70 bits per heavy atom. The number of imide groups is 1. The van der Waals surface area contributed by atoms with Crippen molar-refractivity contribution < 1.29 is 14.3 Å². The van der Waals surface area contributed by atoms with Crippen LogP contribution in [0.15, 0.2) is 24.3 Å². The summed E-state index contributed by atoms with van der Waals surface area (Å²) in [5, 5.41) is 0.851. The van der Waals surface area contributed by atoms with Crippen LogP contribution in [0.2, 0.25) is 0 Å². The van der Waals surface area contributed by atoms with E-state index in [0.29, 0.717) is 11.4 Å². The van der Waals surface area contributed by atoms with E-state index in [1.807, 2.05) is 12.1 Å². The van der Waals surface area contributed by atoms with Crippen LogP contribution < -0.4 is 10.5 Å². The molecule has 0 aliphatic rings. The average molecular weight is 275 g/mol. The number of hydrogen-bond donors (Lipinski definition) is 2. The van der Waals surface area contributed by atoms with Gasteiger partial charge in [-0.05, 0) is 24.3 Å². The van der Waals surface area contributed by atoms with Crippen molar-refractivity contribution in [2.24, 2.45) is 5.73 Å². The number of methoxy groups -OCH3 is 1. The van der Waals surface area contributed by atoms with Crippen LogP contribution in [0.4, 0.5) is 0 Å². The van der Waals surface area contributed by atoms with E-state index < -0.39 is 0 Å². The van der Waals surface area contributed by atoms with Crippen LogP contribution in [0.1, 0.15) is 17.4 Å². The number of carbonyl (C=O) groups excluding carboxylic acids is 2. The number of nitrogens with two attached hydrogens (primary N) is 1. The predicted octanol–water partition coefficient (Wildman–Crippen LogP) is 1.12. The summed E-state index contributed by atoms with van der Waals surface area (Å²) in [7, 11) is 1.58. The quantitative estimate of drug-likeness (QED) is 0.875. The monoisotopic (exact) mass is 275 g/mol. The molecule has 20 heavy (non-hydrogen) atoms. The first kappa shape index (κ1) is 14.1. The predicted molar refractivity (Wildman–Crippen MR) is 75.6 cm³/mol. The number of fused-ring (bicyclic) bond motifs is 1. The van der Waals surface area contributed by atoms with E-state index in [4.69, 9.17) is 10.5 Å². The largest absolute Gasteiger partial charge is 0.497 e. The fraction of sp³-hybridized carbons (Fsp3) is 0.286. The number of aromatic nitrogens is 1. The van der Waals surface area contributed by atoms with E-state index in [1.165, 1.54) is 6.92 Å². The fourth-order valence-corrected chi connectivity index (χ4v) is 2.03. The van der Waals surface area contributed by atoms with Crippen LogP contribution in [-0.4, -0.2) is 41.9 Å². The molecule has 0 atom stereocenters. The molecule has 6 heteroatoms. The van der Waals surface area contributed by atoms with Crippen LogP contribution >= 0.6 is 0 Å². The molecular formula is C14H17N3O3. The summed E-state index contributed by atoms with van der Waals surface area (Å²) in [5.41, 5.74) is 6.59. The Balaban J connectivity index is 2.36. The molecule has 2 aromatic rings. The molecule has 1 aromatic heterocycles. The Labute approximate surface area is 116 Å². The lowest BCUT2D eigenvalue weighted by atomic mass is 10.2. The van der Waals surface area contributed by atoms with Gasteiger partial charge in [-0.2, -0.15) is 0 Å². The third-order valence-electron chi connectivity index (χ3n) is 3.04. The summed E-state index contributed by atoms with van der Waals surface area (Å²) >= 11 is 0. The van der Waals surface area contributed by atoms with Gasteiger partial charge in [0.15, 0.2) is 0 Å². The van der Waals surface area contributed by atoms with Gasteiger partial charge in [0.05, 0.1) is 7.11 Å². The smallest absolute Gasteiger partial charge is 0.276 e. The third kappa shape index (κ3) is 2.65. The van der Waals surface area contributed by atoms with Gasteiger partial charge >= 0.3 is 0 Å². The Hall–Kier alpha value is -2.34. The summed E-state index contributed by atoms with van der Waals surface area (Å²) in [6.45, 7) is 1.78. The molecular weight excluding hydrogens is 258 g/mol. The van der Waals surface area contributed by atoms with Gasteiger partial charge in [0, 0.05) is 30.9 Å². The highest BCUT2D eigenvalue weighted by Crippen LogP contribution is 2.22. The van der Waals surface area contributed by atoms with Crippen molar-refractivity contribution in [1.29, 1.82) is 0 Å². The second kappa shape index (κ2) is 5.75. The van der Waals surface area contributed by atoms with Gasteiger partial charge < -0.3 is 15.5 Å². The van der Waals surface area contributed by atoms with Gasteiger partial charge in [0.1, 0.15) is 11.4 Å². The Bertz CT molecular complexity index is 648. The summed E-state index contributed by atoms with van der Waals surface area (Å²) in [6, 6.07) is 7.15. The lowest BCUT2D eigenvalue weighted by molar-refractivity contribution is -0.126. The van der Waals surface area contributed by atoms with Crippen molar-refractivity contribution in [1.82, 2.24) is 9.88 Å². The molecule has 0 fully saturated rings. The van der Waals surface area contributed by atoms with Gasteiger partial charge in [-0.1, -0.05) is 0 Å². The zero-order valence-corrected chi connectivity index (χ0v) is 11.5. The standard InChI is InChI=1S/C14H17N3O3/c1-9(18)17(6-5-15)14(19)13-8-10-7-11(20-2)3-4-12(10)16-13/h3-4,7-8,16H,5-6,15H2,1-2H3. The highest BCUT2D eigenvalue weighted by atomic mass is 16.5. The van der Waals surface area contributed by atoms with Crippen LogP contribution in [0.25, 0.3) is 10.9 Å². The van der Waals surface area contributed by atoms with Crippen molar-refractivity contribution in [2.45, 2.75) is 6.92 Å². The van der Waals surface area contributed by atoms with Crippen LogP contribution in [-0.2, 0) is 4.79 Å². The summed E-state index contributed by atoms with van der Waals surface area (Å²) < 4.78 is 5.14. The highest BCUT2D eigenvalue weighted by molar-refractivity contribution is 6.05. The number of nitrogens with one attached hydrogen (secondary N) is 1. The molecule has 6 nitrogen and oxygen atoms in total. The van der Waals surface area contributed by atoms with E-state index in [0.717, 1.165) is 15.8 Å². The molecule has 2 rings (SSSR count). The summed E-state index contributed by atoms with van der Waals surface area (Å²) in [4.78, 5) is 27.9. The summed E-state index contributed by atoms with van der Waals surface area (Å²) in [5.74, 6) is 0.00989. The minimum absolute atomic E-state index is 0.201. The van der Waals surface area contributed by atoms with E-state index in [2.05, 4.69) is 4.98 Å². The molecule has 3 N–H and O–H groups in total. The van der Waals surface area contributed by atoms with Gasteiger partial charge in [0.2, 0.25) is 5.91 Å². The average Bonchev–Trinajstić information content (AvgIpc) is 2.86. The lowest BCUT2D eigenvalue weighted by Gasteiger charge is -2.16. The lowest BCUT2D eigenvalue weighted by Crippen LogP contribution is -2.39. The molecule has 0 bridgehead atoms. The third-order valence-corrected chi connectivity index (χ3v) is 3.04. The van der Waals surface area contributed by atoms with Crippen molar-refractivity contribution in [3.63, 3.8) is 0 Å². The van der Waals surface area contributed by atoms with Crippen LogP contribution in [0.3, 0.4) is 0 Å². The second-order valence-electron chi connectivity index (χ2n) is 4.40. The maximum atomic E-state index is 12.3. The molecule has 0 aliphatic carbocycles. The van der Waals surface area contributed by atoms with E-state index in [-0.39, 0.29) is 24.9 Å². The molecule has 0 unspecified atom stereocenters. The molecule has 1 aromatic carbocycles. The van der Waals surface area contributed by atoms with Crippen molar-refractivity contribution >= 4 is 22.7 Å². The van der Waals surface area contributed by atoms with Crippen molar-refractivity contribution in [2.75, 3.05) is 20.2 Å². The second-order valence-corrected chi connectivity index (χ2v) is 4.40. The van der Waals surface area contributed by atoms with Crippen LogP contribution in [0.5, 0.6) is 5.75 Å². The Morgan fingerprint density at radius 2 is 2.10 bits per heavy atom. The van der Waals surface area contributed by atoms with Crippen LogP contribution in [0, 0.1) is 0 Å². The number of nitrogens with zero attached hydrogens (tertiary/aromatic N) is 1. The molecule has 1 heterocycles. The minimum atomic E-state index is -0.377. The molecule has 0 saturated carbocycles. The number of carbonyl (C=O) groups is 2. The fourth-order valence-electron chi connectivity index (χ4n) is 2.03. The molecule has 0 spiro atoms. The number of aromatic amines is 1. The Morgan fingerprint density at radius 1 is 1.35 bits per heavy atom. The SMILES string of the molecule is COc1ccc2[nH]c(C(=O)N(CCN)C(C)=O)cc2c1. The van der Waals surface area contributed by atoms with E-state index >= 15 is 0 Å². The number of ether oxygens (including phenoxy) is 1. The molecule has 0 aliphatic heterocycles.